The van der Waals surface area contributed by atoms with Gasteiger partial charge in [0.15, 0.2) is 0 Å². The maximum absolute atomic E-state index is 12.6. The number of amides is 1. The topological polar surface area (TPSA) is 75.3 Å². The minimum absolute atomic E-state index is 0.0101. The molecule has 0 spiro atoms. The molecule has 1 amide bonds. The number of carbonyl (C=O) groups is 1. The molecule has 194 valence electrons. The van der Waals surface area contributed by atoms with Crippen LogP contribution in [0.25, 0.3) is 11.1 Å². The monoisotopic (exact) mass is 499 g/mol. The van der Waals surface area contributed by atoms with Crippen LogP contribution in [0.1, 0.15) is 65.1 Å². The van der Waals surface area contributed by atoms with E-state index in [1.54, 1.807) is 15.5 Å². The molecular weight excluding hydrogens is 462 g/mol. The van der Waals surface area contributed by atoms with Gasteiger partial charge in [-0.25, -0.2) is 4.79 Å². The van der Waals surface area contributed by atoms with Gasteiger partial charge in [0, 0.05) is 37.7 Å². The zero-order chi connectivity index (χ0) is 27.0. The number of ether oxygens (including phenoxy) is 1. The zero-order valence-corrected chi connectivity index (χ0v) is 22.4. The van der Waals surface area contributed by atoms with Crippen molar-refractivity contribution in [3.05, 3.63) is 94.9 Å². The van der Waals surface area contributed by atoms with Gasteiger partial charge in [0.2, 0.25) is 0 Å². The van der Waals surface area contributed by atoms with Gasteiger partial charge >= 0.3 is 6.09 Å². The summed E-state index contributed by atoms with van der Waals surface area (Å²) >= 11 is 0. The quantitative estimate of drug-likeness (QED) is 0.366. The molecular formula is C31H37N3O3. The lowest BCUT2D eigenvalue weighted by Gasteiger charge is -2.37. The molecule has 0 bridgehead atoms. The Balaban J connectivity index is 0.000000555. The van der Waals surface area contributed by atoms with Crippen molar-refractivity contribution < 1.29 is 9.53 Å². The second-order valence-corrected chi connectivity index (χ2v) is 10.4. The molecule has 6 nitrogen and oxygen atoms in total. The summed E-state index contributed by atoms with van der Waals surface area (Å²) in [5, 5.41) is 9.22. The Hall–Kier alpha value is -3.85. The number of benzene rings is 2. The summed E-state index contributed by atoms with van der Waals surface area (Å²) in [7, 11) is 0. The van der Waals surface area contributed by atoms with Crippen LogP contribution in [0.5, 0.6) is 0 Å². The molecule has 2 heterocycles. The number of nitrogens with zero attached hydrogens (tertiary/aromatic N) is 3. The molecule has 2 unspecified atom stereocenters. The van der Waals surface area contributed by atoms with Crippen LogP contribution in [0.3, 0.4) is 0 Å². The van der Waals surface area contributed by atoms with Crippen molar-refractivity contribution in [3.63, 3.8) is 0 Å². The molecule has 0 aliphatic carbocycles. The second kappa shape index (κ2) is 12.4. The minimum Gasteiger partial charge on any atom is -0.446 e. The van der Waals surface area contributed by atoms with Crippen LogP contribution in [0.2, 0.25) is 0 Å². The second-order valence-electron chi connectivity index (χ2n) is 10.4. The van der Waals surface area contributed by atoms with Crippen molar-refractivity contribution >= 4 is 6.09 Å². The van der Waals surface area contributed by atoms with Gasteiger partial charge in [-0.3, -0.25) is 4.79 Å². The predicted octanol–water partition coefficient (Wildman–Crippen LogP) is 6.99. The Morgan fingerprint density at radius 2 is 1.51 bits per heavy atom. The number of hydrogen-bond acceptors (Lipinski definition) is 4. The standard InChI is InChI=1S/C25H31N3O3.C6H6/c1-17(2)28-15-21(10-11-23(28)29)20-8-6-19(7-9-20)18(3)27-13-12-22(31-24(27)30)14-25(4,5)16-26;1-2-4-6-5-3-1/h6-11,15,17-18,22H,12-14H2,1-5H3;1-6H. The lowest BCUT2D eigenvalue weighted by Crippen LogP contribution is -2.44. The first-order chi connectivity index (χ1) is 17.6. The minimum atomic E-state index is -0.507. The number of pyridine rings is 1. The smallest absolute Gasteiger partial charge is 0.410 e. The number of cyclic esters (lactones) is 1. The normalized spacial score (nSPS) is 16.3. The highest BCUT2D eigenvalue weighted by atomic mass is 16.6. The Morgan fingerprint density at radius 3 is 2.03 bits per heavy atom. The van der Waals surface area contributed by atoms with Crippen LogP contribution >= 0.6 is 0 Å². The van der Waals surface area contributed by atoms with Gasteiger partial charge in [0.25, 0.3) is 5.56 Å². The van der Waals surface area contributed by atoms with Gasteiger partial charge in [0.1, 0.15) is 6.10 Å². The van der Waals surface area contributed by atoms with E-state index >= 15 is 0 Å². The summed E-state index contributed by atoms with van der Waals surface area (Å²) in [6.45, 7) is 10.3. The van der Waals surface area contributed by atoms with Crippen LogP contribution in [0, 0.1) is 16.7 Å². The van der Waals surface area contributed by atoms with Crippen molar-refractivity contribution in [2.45, 2.75) is 65.6 Å². The summed E-state index contributed by atoms with van der Waals surface area (Å²) in [5.41, 5.74) is 2.50. The lowest BCUT2D eigenvalue weighted by atomic mass is 9.87. The molecule has 2 aromatic carbocycles. The van der Waals surface area contributed by atoms with Crippen LogP contribution in [0.15, 0.2) is 83.8 Å². The third kappa shape index (κ3) is 7.57. The molecule has 1 aromatic heterocycles. The van der Waals surface area contributed by atoms with E-state index in [-0.39, 0.29) is 29.8 Å². The molecule has 0 radical (unpaired) electrons. The molecule has 0 saturated carbocycles. The van der Waals surface area contributed by atoms with E-state index in [0.717, 1.165) is 23.1 Å². The summed E-state index contributed by atoms with van der Waals surface area (Å²) in [6.07, 6.45) is 2.60. The number of rotatable bonds is 6. The Morgan fingerprint density at radius 1 is 0.946 bits per heavy atom. The largest absolute Gasteiger partial charge is 0.446 e. The molecule has 1 aliphatic heterocycles. The van der Waals surface area contributed by atoms with Crippen LogP contribution in [0.4, 0.5) is 4.79 Å². The number of nitriles is 1. The van der Waals surface area contributed by atoms with Gasteiger partial charge in [-0.15, -0.1) is 0 Å². The summed E-state index contributed by atoms with van der Waals surface area (Å²) in [4.78, 5) is 26.4. The first kappa shape index (κ1) is 27.7. The highest BCUT2D eigenvalue weighted by Crippen LogP contribution is 2.31. The summed E-state index contributed by atoms with van der Waals surface area (Å²) in [5.74, 6) is 0. The molecule has 0 N–H and O–H groups in total. The molecule has 3 aromatic rings. The summed E-state index contributed by atoms with van der Waals surface area (Å²) < 4.78 is 7.34. The van der Waals surface area contributed by atoms with Gasteiger partial charge in [-0.05, 0) is 57.4 Å². The average molecular weight is 500 g/mol. The number of hydrogen-bond donors (Lipinski definition) is 0. The van der Waals surface area contributed by atoms with Crippen LogP contribution in [-0.4, -0.2) is 28.2 Å². The molecule has 2 atom stereocenters. The predicted molar refractivity (Wildman–Crippen MR) is 147 cm³/mol. The van der Waals surface area contributed by atoms with Gasteiger partial charge in [-0.1, -0.05) is 60.7 Å². The van der Waals surface area contributed by atoms with Crippen molar-refractivity contribution in [2.75, 3.05) is 6.54 Å². The zero-order valence-electron chi connectivity index (χ0n) is 22.4. The van der Waals surface area contributed by atoms with Crippen LogP contribution < -0.4 is 5.56 Å². The van der Waals surface area contributed by atoms with E-state index < -0.39 is 5.41 Å². The average Bonchev–Trinajstić information content (AvgIpc) is 2.90. The maximum atomic E-state index is 12.6. The Kier molecular flexibility index (Phi) is 9.30. The van der Waals surface area contributed by atoms with Gasteiger partial charge < -0.3 is 14.2 Å². The maximum Gasteiger partial charge on any atom is 0.410 e. The fourth-order valence-electron chi connectivity index (χ4n) is 4.35. The molecule has 37 heavy (non-hydrogen) atoms. The Bertz CT molecular complexity index is 1230. The third-order valence-electron chi connectivity index (χ3n) is 6.59. The van der Waals surface area contributed by atoms with E-state index in [9.17, 15) is 14.9 Å². The molecule has 1 aliphatic rings. The SMILES string of the molecule is CC(c1ccc(-c2ccc(=O)n(C(C)C)c2)cc1)N1CCC(CC(C)(C)C#N)OC1=O.c1ccccc1. The third-order valence-corrected chi connectivity index (χ3v) is 6.59. The number of carbonyl (C=O) groups excluding carboxylic acids is 1. The first-order valence-corrected chi connectivity index (χ1v) is 12.8. The van der Waals surface area contributed by atoms with E-state index in [1.165, 1.54) is 0 Å². The van der Waals surface area contributed by atoms with Crippen molar-refractivity contribution in [3.8, 4) is 17.2 Å². The lowest BCUT2D eigenvalue weighted by molar-refractivity contribution is 0.000797. The first-order valence-electron chi connectivity index (χ1n) is 12.8. The number of aromatic nitrogens is 1. The van der Waals surface area contributed by atoms with E-state index in [2.05, 4.69) is 6.07 Å². The van der Waals surface area contributed by atoms with Gasteiger partial charge in [-0.2, -0.15) is 5.26 Å². The molecule has 1 fully saturated rings. The van der Waals surface area contributed by atoms with E-state index in [1.807, 2.05) is 108 Å². The van der Waals surface area contributed by atoms with Gasteiger partial charge in [0.05, 0.1) is 17.5 Å². The van der Waals surface area contributed by atoms with Crippen molar-refractivity contribution in [1.82, 2.24) is 9.47 Å². The fraction of sp³-hybridized carbons (Fsp3) is 0.387. The molecule has 1 saturated heterocycles. The van der Waals surface area contributed by atoms with E-state index in [4.69, 9.17) is 4.74 Å². The van der Waals surface area contributed by atoms with Crippen molar-refractivity contribution in [1.29, 1.82) is 5.26 Å². The summed E-state index contributed by atoms with van der Waals surface area (Å²) in [6, 6.07) is 25.8. The molecule has 6 heteroatoms. The highest BCUT2D eigenvalue weighted by Gasteiger charge is 2.34. The fourth-order valence-corrected chi connectivity index (χ4v) is 4.35. The Labute approximate surface area is 220 Å². The van der Waals surface area contributed by atoms with Crippen LogP contribution in [-0.2, 0) is 4.74 Å². The van der Waals surface area contributed by atoms with E-state index in [0.29, 0.717) is 13.0 Å². The molecule has 4 rings (SSSR count). The highest BCUT2D eigenvalue weighted by molar-refractivity contribution is 5.69. The van der Waals surface area contributed by atoms with Crippen molar-refractivity contribution in [2.24, 2.45) is 5.41 Å².